The standard InChI is InChI=1S/C16H13FN2O4S/c1-24(21,22)19-13-9-11(6-7-12(13)17)18-16(20)15-8-10-4-2-3-5-14(10)23-15/h2-9,19H,1H3,(H,18,20). The minimum atomic E-state index is -3.64. The van der Waals surface area contributed by atoms with Crippen molar-refractivity contribution in [2.45, 2.75) is 0 Å². The number of amides is 1. The van der Waals surface area contributed by atoms with Crippen LogP contribution in [-0.4, -0.2) is 20.6 Å². The molecular weight excluding hydrogens is 335 g/mol. The van der Waals surface area contributed by atoms with Gasteiger partial charge in [0.2, 0.25) is 10.0 Å². The molecule has 124 valence electrons. The van der Waals surface area contributed by atoms with Crippen LogP contribution in [0.25, 0.3) is 11.0 Å². The molecule has 8 heteroatoms. The average Bonchev–Trinajstić information content (AvgIpc) is 2.93. The van der Waals surface area contributed by atoms with E-state index in [0.717, 1.165) is 17.7 Å². The summed E-state index contributed by atoms with van der Waals surface area (Å²) in [6, 6.07) is 12.3. The lowest BCUT2D eigenvalue weighted by atomic mass is 10.2. The number of halogens is 1. The van der Waals surface area contributed by atoms with Gasteiger partial charge in [-0.15, -0.1) is 0 Å². The Morgan fingerprint density at radius 1 is 1.12 bits per heavy atom. The summed E-state index contributed by atoms with van der Waals surface area (Å²) in [6.07, 6.45) is 0.909. The fourth-order valence-electron chi connectivity index (χ4n) is 2.17. The van der Waals surface area contributed by atoms with Crippen molar-refractivity contribution < 1.29 is 22.0 Å². The molecule has 0 aliphatic rings. The van der Waals surface area contributed by atoms with Crippen LogP contribution in [0.4, 0.5) is 15.8 Å². The highest BCUT2D eigenvalue weighted by atomic mass is 32.2. The van der Waals surface area contributed by atoms with Crippen molar-refractivity contribution in [3.63, 3.8) is 0 Å². The van der Waals surface area contributed by atoms with Crippen molar-refractivity contribution >= 4 is 38.3 Å². The van der Waals surface area contributed by atoms with Crippen molar-refractivity contribution in [1.82, 2.24) is 0 Å². The van der Waals surface area contributed by atoms with Crippen molar-refractivity contribution in [3.05, 3.63) is 60.1 Å². The van der Waals surface area contributed by atoms with Crippen LogP contribution in [-0.2, 0) is 10.0 Å². The zero-order valence-corrected chi connectivity index (χ0v) is 13.4. The van der Waals surface area contributed by atoms with Crippen LogP contribution in [0, 0.1) is 5.82 Å². The molecule has 0 unspecified atom stereocenters. The Balaban J connectivity index is 1.85. The molecule has 0 fully saturated rings. The summed E-state index contributed by atoms with van der Waals surface area (Å²) in [7, 11) is -3.64. The van der Waals surface area contributed by atoms with E-state index in [1.54, 1.807) is 18.2 Å². The van der Waals surface area contributed by atoms with E-state index in [1.165, 1.54) is 12.1 Å². The molecule has 0 aliphatic carbocycles. The highest BCUT2D eigenvalue weighted by Gasteiger charge is 2.14. The lowest BCUT2D eigenvalue weighted by Gasteiger charge is -2.08. The Hall–Kier alpha value is -2.87. The molecule has 1 amide bonds. The number of benzene rings is 2. The van der Waals surface area contributed by atoms with Crippen LogP contribution in [0.2, 0.25) is 0 Å². The minimum Gasteiger partial charge on any atom is -0.451 e. The first kappa shape index (κ1) is 16.0. The molecule has 2 aromatic carbocycles. The number of anilines is 2. The molecule has 1 aromatic heterocycles. The second-order valence-electron chi connectivity index (χ2n) is 5.17. The fourth-order valence-corrected chi connectivity index (χ4v) is 2.72. The first-order valence-corrected chi connectivity index (χ1v) is 8.78. The highest BCUT2D eigenvalue weighted by molar-refractivity contribution is 7.92. The normalized spacial score (nSPS) is 11.4. The summed E-state index contributed by atoms with van der Waals surface area (Å²) in [6.45, 7) is 0. The number of rotatable bonds is 4. The minimum absolute atomic E-state index is 0.0955. The molecule has 0 atom stereocenters. The highest BCUT2D eigenvalue weighted by Crippen LogP contribution is 2.23. The van der Waals surface area contributed by atoms with E-state index in [2.05, 4.69) is 5.32 Å². The van der Waals surface area contributed by atoms with Crippen LogP contribution < -0.4 is 10.0 Å². The zero-order chi connectivity index (χ0) is 17.3. The summed E-state index contributed by atoms with van der Waals surface area (Å²) in [4.78, 5) is 12.2. The first-order chi connectivity index (χ1) is 11.3. The number of carbonyl (C=O) groups is 1. The Kier molecular flexibility index (Phi) is 3.98. The molecule has 0 saturated heterocycles. The molecule has 3 aromatic rings. The predicted molar refractivity (Wildman–Crippen MR) is 89.0 cm³/mol. The largest absolute Gasteiger partial charge is 0.451 e. The maximum absolute atomic E-state index is 13.6. The van der Waals surface area contributed by atoms with E-state index < -0.39 is 21.7 Å². The van der Waals surface area contributed by atoms with E-state index >= 15 is 0 Å². The second-order valence-corrected chi connectivity index (χ2v) is 6.92. The monoisotopic (exact) mass is 348 g/mol. The molecule has 0 bridgehead atoms. The predicted octanol–water partition coefficient (Wildman–Crippen LogP) is 3.20. The topological polar surface area (TPSA) is 88.4 Å². The van der Waals surface area contributed by atoms with Gasteiger partial charge in [-0.3, -0.25) is 9.52 Å². The Labute approximate surface area is 137 Å². The molecule has 0 radical (unpaired) electrons. The van der Waals surface area contributed by atoms with Gasteiger partial charge in [0.05, 0.1) is 11.9 Å². The van der Waals surface area contributed by atoms with Crippen LogP contribution in [0.15, 0.2) is 52.9 Å². The molecule has 3 rings (SSSR count). The molecule has 1 heterocycles. The number of hydrogen-bond acceptors (Lipinski definition) is 4. The average molecular weight is 348 g/mol. The number of furan rings is 1. The zero-order valence-electron chi connectivity index (χ0n) is 12.5. The molecule has 0 aliphatic heterocycles. The summed E-state index contributed by atoms with van der Waals surface area (Å²) in [5, 5.41) is 3.32. The van der Waals surface area contributed by atoms with E-state index in [9.17, 15) is 17.6 Å². The van der Waals surface area contributed by atoms with Gasteiger partial charge >= 0.3 is 0 Å². The van der Waals surface area contributed by atoms with Gasteiger partial charge in [-0.25, -0.2) is 12.8 Å². The number of para-hydroxylation sites is 1. The number of hydrogen-bond donors (Lipinski definition) is 2. The van der Waals surface area contributed by atoms with Gasteiger partial charge < -0.3 is 9.73 Å². The Bertz CT molecular complexity index is 994. The molecule has 0 saturated carbocycles. The van der Waals surface area contributed by atoms with E-state index in [1.807, 2.05) is 16.9 Å². The SMILES string of the molecule is CS(=O)(=O)Nc1cc(NC(=O)c2cc3ccccc3o2)ccc1F. The van der Waals surface area contributed by atoms with Crippen LogP contribution in [0.5, 0.6) is 0 Å². The second kappa shape index (κ2) is 5.97. The third kappa shape index (κ3) is 3.54. The van der Waals surface area contributed by atoms with Gasteiger partial charge in [0.1, 0.15) is 11.4 Å². The molecule has 0 spiro atoms. The molecule has 2 N–H and O–H groups in total. The smallest absolute Gasteiger partial charge is 0.291 e. The van der Waals surface area contributed by atoms with Crippen LogP contribution in [0.3, 0.4) is 0 Å². The van der Waals surface area contributed by atoms with Crippen LogP contribution in [0.1, 0.15) is 10.6 Å². The lowest BCUT2D eigenvalue weighted by Crippen LogP contribution is -2.13. The van der Waals surface area contributed by atoms with E-state index in [0.29, 0.717) is 5.58 Å². The summed E-state index contributed by atoms with van der Waals surface area (Å²) >= 11 is 0. The fraction of sp³-hybridized carbons (Fsp3) is 0.0625. The summed E-state index contributed by atoms with van der Waals surface area (Å²) < 4.78 is 43.6. The Morgan fingerprint density at radius 2 is 1.88 bits per heavy atom. The third-order valence-corrected chi connectivity index (χ3v) is 3.76. The van der Waals surface area contributed by atoms with Gasteiger partial charge in [-0.05, 0) is 30.3 Å². The summed E-state index contributed by atoms with van der Waals surface area (Å²) in [5.74, 6) is -1.18. The van der Waals surface area contributed by atoms with Crippen LogP contribution >= 0.6 is 0 Å². The van der Waals surface area contributed by atoms with E-state index in [-0.39, 0.29) is 17.1 Å². The van der Waals surface area contributed by atoms with Gasteiger partial charge in [0, 0.05) is 11.1 Å². The van der Waals surface area contributed by atoms with Crippen molar-refractivity contribution in [2.24, 2.45) is 0 Å². The molecule has 6 nitrogen and oxygen atoms in total. The number of fused-ring (bicyclic) bond motifs is 1. The van der Waals surface area contributed by atoms with Gasteiger partial charge in [0.25, 0.3) is 5.91 Å². The third-order valence-electron chi connectivity index (χ3n) is 3.17. The van der Waals surface area contributed by atoms with Gasteiger partial charge in [-0.1, -0.05) is 18.2 Å². The lowest BCUT2D eigenvalue weighted by molar-refractivity contribution is 0.0998. The number of sulfonamides is 1. The Morgan fingerprint density at radius 3 is 2.58 bits per heavy atom. The maximum atomic E-state index is 13.6. The molecular formula is C16H13FN2O4S. The van der Waals surface area contributed by atoms with Crippen molar-refractivity contribution in [2.75, 3.05) is 16.3 Å². The molecule has 24 heavy (non-hydrogen) atoms. The summed E-state index contributed by atoms with van der Waals surface area (Å²) in [5.41, 5.74) is 0.550. The first-order valence-electron chi connectivity index (χ1n) is 6.89. The number of nitrogens with one attached hydrogen (secondary N) is 2. The maximum Gasteiger partial charge on any atom is 0.291 e. The van der Waals surface area contributed by atoms with Gasteiger partial charge in [0.15, 0.2) is 5.76 Å². The van der Waals surface area contributed by atoms with Crippen molar-refractivity contribution in [1.29, 1.82) is 0 Å². The number of carbonyl (C=O) groups excluding carboxylic acids is 1. The van der Waals surface area contributed by atoms with Gasteiger partial charge in [-0.2, -0.15) is 0 Å². The van der Waals surface area contributed by atoms with E-state index in [4.69, 9.17) is 4.42 Å². The van der Waals surface area contributed by atoms with Crippen molar-refractivity contribution in [3.8, 4) is 0 Å². The quantitative estimate of drug-likeness (QED) is 0.758.